The van der Waals surface area contributed by atoms with Crippen molar-refractivity contribution in [2.24, 2.45) is 0 Å². The van der Waals surface area contributed by atoms with E-state index in [9.17, 15) is 9.59 Å². The van der Waals surface area contributed by atoms with E-state index in [1.54, 1.807) is 43.7 Å². The SMILES string of the molecule is COc1ccc(CCNC(=O)CNc2ccccc2C(=O)NCc2ccco2)cc1. The molecule has 0 fully saturated rings. The third kappa shape index (κ3) is 6.13. The number of hydrogen-bond acceptors (Lipinski definition) is 5. The molecule has 0 saturated carbocycles. The first-order valence-corrected chi connectivity index (χ1v) is 9.69. The van der Waals surface area contributed by atoms with Crippen molar-refractivity contribution in [3.8, 4) is 5.75 Å². The minimum absolute atomic E-state index is 0.0745. The van der Waals surface area contributed by atoms with Gasteiger partial charge in [0.25, 0.3) is 5.91 Å². The number of carbonyl (C=O) groups excluding carboxylic acids is 2. The largest absolute Gasteiger partial charge is 0.497 e. The van der Waals surface area contributed by atoms with Crippen LogP contribution in [0.1, 0.15) is 21.7 Å². The second-order valence-corrected chi connectivity index (χ2v) is 6.61. The van der Waals surface area contributed by atoms with Crippen molar-refractivity contribution in [2.75, 3.05) is 25.5 Å². The molecule has 0 unspecified atom stereocenters. The van der Waals surface area contributed by atoms with Crippen LogP contribution in [0.3, 0.4) is 0 Å². The highest BCUT2D eigenvalue weighted by Crippen LogP contribution is 2.15. The molecule has 0 bridgehead atoms. The van der Waals surface area contributed by atoms with Crippen LogP contribution < -0.4 is 20.7 Å². The number of furan rings is 1. The highest BCUT2D eigenvalue weighted by Gasteiger charge is 2.12. The predicted molar refractivity (Wildman–Crippen MR) is 115 cm³/mol. The lowest BCUT2D eigenvalue weighted by atomic mass is 10.1. The molecule has 3 rings (SSSR count). The van der Waals surface area contributed by atoms with Crippen LogP contribution in [0, 0.1) is 0 Å². The van der Waals surface area contributed by atoms with Crippen molar-refractivity contribution in [3.05, 3.63) is 83.8 Å². The Balaban J connectivity index is 1.45. The summed E-state index contributed by atoms with van der Waals surface area (Å²) in [6, 6.07) is 18.4. The second kappa shape index (κ2) is 10.7. The Morgan fingerprint density at radius 1 is 0.967 bits per heavy atom. The normalized spacial score (nSPS) is 10.3. The summed E-state index contributed by atoms with van der Waals surface area (Å²) in [5.74, 6) is 1.09. The van der Waals surface area contributed by atoms with E-state index in [1.807, 2.05) is 30.3 Å². The predicted octanol–water partition coefficient (Wildman–Crippen LogP) is 2.99. The lowest BCUT2D eigenvalue weighted by molar-refractivity contribution is -0.119. The molecule has 1 aromatic heterocycles. The fourth-order valence-electron chi connectivity index (χ4n) is 2.89. The second-order valence-electron chi connectivity index (χ2n) is 6.61. The van der Waals surface area contributed by atoms with Crippen molar-refractivity contribution >= 4 is 17.5 Å². The van der Waals surface area contributed by atoms with Gasteiger partial charge in [-0.05, 0) is 48.4 Å². The van der Waals surface area contributed by atoms with E-state index in [1.165, 1.54) is 0 Å². The number of ether oxygens (including phenoxy) is 1. The van der Waals surface area contributed by atoms with E-state index in [-0.39, 0.29) is 18.4 Å². The van der Waals surface area contributed by atoms with Gasteiger partial charge < -0.3 is 25.1 Å². The van der Waals surface area contributed by atoms with Crippen LogP contribution in [0.4, 0.5) is 5.69 Å². The summed E-state index contributed by atoms with van der Waals surface area (Å²) >= 11 is 0. The van der Waals surface area contributed by atoms with Gasteiger partial charge >= 0.3 is 0 Å². The molecule has 2 aromatic carbocycles. The van der Waals surface area contributed by atoms with Crippen LogP contribution in [-0.2, 0) is 17.8 Å². The van der Waals surface area contributed by atoms with Crippen molar-refractivity contribution in [3.63, 3.8) is 0 Å². The molecule has 156 valence electrons. The number of methoxy groups -OCH3 is 1. The van der Waals surface area contributed by atoms with Gasteiger partial charge in [-0.25, -0.2) is 0 Å². The van der Waals surface area contributed by atoms with Gasteiger partial charge in [0.1, 0.15) is 11.5 Å². The van der Waals surface area contributed by atoms with Crippen molar-refractivity contribution in [1.29, 1.82) is 0 Å². The number of anilines is 1. The molecular formula is C23H25N3O4. The quantitative estimate of drug-likeness (QED) is 0.481. The monoisotopic (exact) mass is 407 g/mol. The van der Waals surface area contributed by atoms with Crippen LogP contribution in [0.5, 0.6) is 5.75 Å². The van der Waals surface area contributed by atoms with E-state index in [4.69, 9.17) is 9.15 Å². The summed E-state index contributed by atoms with van der Waals surface area (Å²) in [6.45, 7) is 0.898. The minimum Gasteiger partial charge on any atom is -0.497 e. The lowest BCUT2D eigenvalue weighted by Gasteiger charge is -2.12. The van der Waals surface area contributed by atoms with E-state index in [0.717, 1.165) is 17.7 Å². The Morgan fingerprint density at radius 2 is 1.77 bits per heavy atom. The molecule has 0 aliphatic heterocycles. The highest BCUT2D eigenvalue weighted by atomic mass is 16.5. The fraction of sp³-hybridized carbons (Fsp3) is 0.217. The standard InChI is InChI=1S/C23H25N3O4/c1-29-18-10-8-17(9-11-18)12-13-24-22(27)16-25-21-7-3-2-6-20(21)23(28)26-15-19-5-4-14-30-19/h2-11,14,25H,12-13,15-16H2,1H3,(H,24,27)(H,26,28). The van der Waals surface area contributed by atoms with Crippen molar-refractivity contribution in [1.82, 2.24) is 10.6 Å². The van der Waals surface area contributed by atoms with Crippen LogP contribution in [0.25, 0.3) is 0 Å². The van der Waals surface area contributed by atoms with Crippen LogP contribution in [-0.4, -0.2) is 32.0 Å². The van der Waals surface area contributed by atoms with E-state index >= 15 is 0 Å². The molecule has 0 saturated heterocycles. The Morgan fingerprint density at radius 3 is 2.50 bits per heavy atom. The molecule has 0 spiro atoms. The summed E-state index contributed by atoms with van der Waals surface area (Å²) in [6.07, 6.45) is 2.28. The van der Waals surface area contributed by atoms with Gasteiger partial charge in [0, 0.05) is 12.2 Å². The zero-order valence-corrected chi connectivity index (χ0v) is 16.8. The number of nitrogens with one attached hydrogen (secondary N) is 3. The maximum atomic E-state index is 12.5. The van der Waals surface area contributed by atoms with Crippen molar-refractivity contribution in [2.45, 2.75) is 13.0 Å². The maximum Gasteiger partial charge on any atom is 0.253 e. The van der Waals surface area contributed by atoms with Crippen molar-refractivity contribution < 1.29 is 18.7 Å². The zero-order valence-electron chi connectivity index (χ0n) is 16.8. The molecule has 3 N–H and O–H groups in total. The smallest absolute Gasteiger partial charge is 0.253 e. The minimum atomic E-state index is -0.241. The number of rotatable bonds is 10. The topological polar surface area (TPSA) is 92.6 Å². The van der Waals surface area contributed by atoms with Crippen LogP contribution in [0.15, 0.2) is 71.3 Å². The third-order valence-corrected chi connectivity index (χ3v) is 4.51. The maximum absolute atomic E-state index is 12.5. The van der Waals surface area contributed by atoms with Gasteiger partial charge in [-0.3, -0.25) is 9.59 Å². The van der Waals surface area contributed by atoms with Crippen LogP contribution >= 0.6 is 0 Å². The van der Waals surface area contributed by atoms with Crippen LogP contribution in [0.2, 0.25) is 0 Å². The van der Waals surface area contributed by atoms with E-state index < -0.39 is 0 Å². The fourth-order valence-corrected chi connectivity index (χ4v) is 2.89. The van der Waals surface area contributed by atoms with Gasteiger partial charge in [-0.15, -0.1) is 0 Å². The highest BCUT2D eigenvalue weighted by molar-refractivity contribution is 6.00. The van der Waals surface area contributed by atoms with E-state index in [2.05, 4.69) is 16.0 Å². The number of carbonyl (C=O) groups is 2. The van der Waals surface area contributed by atoms with E-state index in [0.29, 0.717) is 30.1 Å². The number of hydrogen-bond donors (Lipinski definition) is 3. The molecule has 1 heterocycles. The van der Waals surface area contributed by atoms with Gasteiger partial charge in [0.05, 0.1) is 32.0 Å². The first-order valence-electron chi connectivity index (χ1n) is 9.69. The number of para-hydroxylation sites is 1. The zero-order chi connectivity index (χ0) is 21.2. The first-order chi connectivity index (χ1) is 14.7. The number of benzene rings is 2. The molecule has 0 aliphatic rings. The molecule has 3 aromatic rings. The Labute approximate surface area is 175 Å². The van der Waals surface area contributed by atoms with Gasteiger partial charge in [-0.2, -0.15) is 0 Å². The lowest BCUT2D eigenvalue weighted by Crippen LogP contribution is -2.32. The first kappa shape index (κ1) is 21.0. The van der Waals surface area contributed by atoms with Gasteiger partial charge in [0.15, 0.2) is 0 Å². The molecule has 0 radical (unpaired) electrons. The molecule has 0 atom stereocenters. The molecule has 7 nitrogen and oxygen atoms in total. The Kier molecular flexibility index (Phi) is 7.49. The molecule has 30 heavy (non-hydrogen) atoms. The number of amides is 2. The molecule has 7 heteroatoms. The summed E-state index contributed by atoms with van der Waals surface area (Å²) in [4.78, 5) is 24.6. The Hall–Kier alpha value is -3.74. The summed E-state index contributed by atoms with van der Waals surface area (Å²) in [7, 11) is 1.63. The Bertz CT molecular complexity index is 953. The van der Waals surface area contributed by atoms with Gasteiger partial charge in [0.2, 0.25) is 5.91 Å². The summed E-state index contributed by atoms with van der Waals surface area (Å²) in [5, 5.41) is 8.72. The molecular weight excluding hydrogens is 382 g/mol. The summed E-state index contributed by atoms with van der Waals surface area (Å²) < 4.78 is 10.4. The summed E-state index contributed by atoms with van der Waals surface area (Å²) in [5.41, 5.74) is 2.18. The van der Waals surface area contributed by atoms with Gasteiger partial charge in [-0.1, -0.05) is 24.3 Å². The third-order valence-electron chi connectivity index (χ3n) is 4.51. The molecule has 2 amide bonds. The average molecular weight is 407 g/mol. The average Bonchev–Trinajstić information content (AvgIpc) is 3.30. The molecule has 0 aliphatic carbocycles.